The van der Waals surface area contributed by atoms with Crippen LogP contribution in [0.2, 0.25) is 0 Å². The van der Waals surface area contributed by atoms with Crippen molar-refractivity contribution in [3.63, 3.8) is 0 Å². The van der Waals surface area contributed by atoms with E-state index in [0.717, 1.165) is 17.3 Å². The molecule has 26 heavy (non-hydrogen) atoms. The fourth-order valence-electron chi connectivity index (χ4n) is 1.93. The van der Waals surface area contributed by atoms with Gasteiger partial charge in [0.25, 0.3) is 5.22 Å². The van der Waals surface area contributed by atoms with Crippen LogP contribution in [0.5, 0.6) is 0 Å². The highest BCUT2D eigenvalue weighted by Crippen LogP contribution is 2.22. The number of hydrogen-bond donors (Lipinski definition) is 2. The molecule has 0 saturated carbocycles. The van der Waals surface area contributed by atoms with Crippen molar-refractivity contribution in [3.8, 4) is 11.5 Å². The lowest BCUT2D eigenvalue weighted by Gasteiger charge is -2.05. The minimum absolute atomic E-state index is 0.0284. The molecule has 0 atom stereocenters. The van der Waals surface area contributed by atoms with Crippen LogP contribution in [0.1, 0.15) is 0 Å². The van der Waals surface area contributed by atoms with Crippen LogP contribution < -0.4 is 10.5 Å². The van der Waals surface area contributed by atoms with Gasteiger partial charge in [0.2, 0.25) is 21.8 Å². The van der Waals surface area contributed by atoms with E-state index in [2.05, 4.69) is 20.5 Å². The normalized spacial score (nSPS) is 11.3. The number of aromatic nitrogens is 3. The number of rotatable bonds is 6. The van der Waals surface area contributed by atoms with Crippen LogP contribution in [0.15, 0.2) is 63.3 Å². The first-order valence-corrected chi connectivity index (χ1v) is 9.74. The minimum Gasteiger partial charge on any atom is -0.411 e. The number of pyridine rings is 1. The Balaban J connectivity index is 1.55. The Morgan fingerprint density at radius 2 is 1.81 bits per heavy atom. The molecule has 0 unspecified atom stereocenters. The van der Waals surface area contributed by atoms with Crippen LogP contribution in [0.3, 0.4) is 0 Å². The van der Waals surface area contributed by atoms with Gasteiger partial charge in [-0.1, -0.05) is 11.8 Å². The highest BCUT2D eigenvalue weighted by molar-refractivity contribution is 7.99. The molecule has 1 aromatic carbocycles. The third-order valence-corrected chi connectivity index (χ3v) is 4.87. The smallest absolute Gasteiger partial charge is 0.277 e. The molecule has 0 aliphatic rings. The third kappa shape index (κ3) is 4.65. The Bertz CT molecular complexity index is 1000. The van der Waals surface area contributed by atoms with Gasteiger partial charge in [-0.2, -0.15) is 0 Å². The second-order valence-electron chi connectivity index (χ2n) is 5.02. The van der Waals surface area contributed by atoms with Crippen molar-refractivity contribution in [2.24, 2.45) is 5.14 Å². The Hall–Kier alpha value is -2.76. The average molecular weight is 391 g/mol. The molecule has 3 aromatic rings. The van der Waals surface area contributed by atoms with E-state index in [1.54, 1.807) is 24.5 Å². The maximum atomic E-state index is 12.0. The Labute approximate surface area is 153 Å². The molecule has 9 nitrogen and oxygen atoms in total. The first-order valence-electron chi connectivity index (χ1n) is 7.21. The third-order valence-electron chi connectivity index (χ3n) is 3.13. The molecular formula is C15H13N5O4S2. The summed E-state index contributed by atoms with van der Waals surface area (Å²) in [4.78, 5) is 15.9. The van der Waals surface area contributed by atoms with Crippen LogP contribution in [-0.2, 0) is 14.8 Å². The maximum absolute atomic E-state index is 12.0. The maximum Gasteiger partial charge on any atom is 0.277 e. The molecule has 0 fully saturated rings. The fraction of sp³-hybridized carbons (Fsp3) is 0.0667. The summed E-state index contributed by atoms with van der Waals surface area (Å²) in [6.45, 7) is 0. The van der Waals surface area contributed by atoms with Crippen molar-refractivity contribution in [1.82, 2.24) is 15.2 Å². The van der Waals surface area contributed by atoms with E-state index in [1.165, 1.54) is 24.3 Å². The summed E-state index contributed by atoms with van der Waals surface area (Å²) in [5.41, 5.74) is 1.18. The summed E-state index contributed by atoms with van der Waals surface area (Å²) >= 11 is 1.09. The minimum atomic E-state index is -3.76. The van der Waals surface area contributed by atoms with Gasteiger partial charge in [0, 0.05) is 23.6 Å². The van der Waals surface area contributed by atoms with E-state index < -0.39 is 10.0 Å². The van der Waals surface area contributed by atoms with Crippen LogP contribution in [0.25, 0.3) is 11.5 Å². The monoisotopic (exact) mass is 391 g/mol. The Morgan fingerprint density at radius 3 is 2.46 bits per heavy atom. The van der Waals surface area contributed by atoms with Gasteiger partial charge in [-0.3, -0.25) is 9.78 Å². The molecule has 2 aromatic heterocycles. The lowest BCUT2D eigenvalue weighted by Crippen LogP contribution is -2.15. The van der Waals surface area contributed by atoms with E-state index in [1.807, 2.05) is 0 Å². The number of thioether (sulfide) groups is 1. The van der Waals surface area contributed by atoms with Crippen LogP contribution in [0.4, 0.5) is 5.69 Å². The van der Waals surface area contributed by atoms with Crippen molar-refractivity contribution in [2.75, 3.05) is 11.1 Å². The molecule has 0 radical (unpaired) electrons. The van der Waals surface area contributed by atoms with Crippen molar-refractivity contribution >= 4 is 33.4 Å². The highest BCUT2D eigenvalue weighted by atomic mass is 32.2. The number of sulfonamides is 1. The summed E-state index contributed by atoms with van der Waals surface area (Å²) < 4.78 is 27.9. The van der Waals surface area contributed by atoms with Gasteiger partial charge in [-0.05, 0) is 36.4 Å². The largest absolute Gasteiger partial charge is 0.411 e. The number of anilines is 1. The lowest BCUT2D eigenvalue weighted by atomic mass is 10.3. The average Bonchev–Trinajstić information content (AvgIpc) is 3.09. The summed E-state index contributed by atoms with van der Waals surface area (Å²) in [5, 5.41) is 15.7. The van der Waals surface area contributed by atoms with Crippen molar-refractivity contribution < 1.29 is 17.6 Å². The van der Waals surface area contributed by atoms with E-state index >= 15 is 0 Å². The molecule has 2 heterocycles. The Kier molecular flexibility index (Phi) is 5.30. The zero-order chi connectivity index (χ0) is 18.6. The van der Waals surface area contributed by atoms with E-state index in [9.17, 15) is 13.2 Å². The first-order chi connectivity index (χ1) is 12.4. The highest BCUT2D eigenvalue weighted by Gasteiger charge is 2.12. The molecule has 0 saturated heterocycles. The van der Waals surface area contributed by atoms with E-state index in [0.29, 0.717) is 11.6 Å². The topological polar surface area (TPSA) is 141 Å². The summed E-state index contributed by atoms with van der Waals surface area (Å²) in [6, 6.07) is 9.01. The van der Waals surface area contributed by atoms with Gasteiger partial charge in [0.1, 0.15) is 0 Å². The molecule has 0 aliphatic carbocycles. The zero-order valence-electron chi connectivity index (χ0n) is 13.2. The van der Waals surface area contributed by atoms with Gasteiger partial charge in [-0.15, -0.1) is 10.2 Å². The van der Waals surface area contributed by atoms with E-state index in [4.69, 9.17) is 9.56 Å². The number of carbonyl (C=O) groups excluding carboxylic acids is 1. The van der Waals surface area contributed by atoms with Crippen LogP contribution >= 0.6 is 11.8 Å². The molecule has 0 bridgehead atoms. The van der Waals surface area contributed by atoms with Gasteiger partial charge >= 0.3 is 0 Å². The number of amides is 1. The summed E-state index contributed by atoms with van der Waals surface area (Å²) in [7, 11) is -3.76. The second kappa shape index (κ2) is 7.64. The number of primary sulfonamides is 1. The second-order valence-corrected chi connectivity index (χ2v) is 7.50. The van der Waals surface area contributed by atoms with Gasteiger partial charge in [0.05, 0.1) is 10.6 Å². The van der Waals surface area contributed by atoms with Crippen molar-refractivity contribution in [1.29, 1.82) is 0 Å². The lowest BCUT2D eigenvalue weighted by molar-refractivity contribution is -0.113. The van der Waals surface area contributed by atoms with Crippen molar-refractivity contribution in [2.45, 2.75) is 10.1 Å². The number of nitrogens with zero attached hydrogens (tertiary/aromatic N) is 3. The molecule has 1 amide bonds. The standard InChI is InChI=1S/C15H13N5O4S2/c16-26(22,23)12-3-1-11(2-4-12)18-13(21)9-25-15-20-19-14(24-15)10-5-7-17-8-6-10/h1-8H,9H2,(H,18,21)(H2,16,22,23). The molecular weight excluding hydrogens is 378 g/mol. The zero-order valence-corrected chi connectivity index (χ0v) is 14.8. The molecule has 11 heteroatoms. The predicted molar refractivity (Wildman–Crippen MR) is 94.7 cm³/mol. The molecule has 0 spiro atoms. The number of nitrogens with two attached hydrogens (primary N) is 1. The molecule has 0 aliphatic heterocycles. The molecule has 3 N–H and O–H groups in total. The van der Waals surface area contributed by atoms with Crippen molar-refractivity contribution in [3.05, 3.63) is 48.8 Å². The number of nitrogens with one attached hydrogen (secondary N) is 1. The predicted octanol–water partition coefficient (Wildman–Crippen LogP) is 1.51. The fourth-order valence-corrected chi connectivity index (χ4v) is 3.01. The van der Waals surface area contributed by atoms with Gasteiger partial charge in [0.15, 0.2) is 0 Å². The summed E-state index contributed by atoms with van der Waals surface area (Å²) in [5.74, 6) is 0.0884. The van der Waals surface area contributed by atoms with Crippen LogP contribution in [-0.4, -0.2) is 35.3 Å². The van der Waals surface area contributed by atoms with Gasteiger partial charge < -0.3 is 9.73 Å². The van der Waals surface area contributed by atoms with E-state index in [-0.39, 0.29) is 21.8 Å². The first kappa shape index (κ1) is 18.0. The van der Waals surface area contributed by atoms with Crippen LogP contribution in [0, 0.1) is 0 Å². The Morgan fingerprint density at radius 1 is 1.12 bits per heavy atom. The quantitative estimate of drug-likeness (QED) is 0.602. The number of carbonyl (C=O) groups is 1. The number of hydrogen-bond acceptors (Lipinski definition) is 8. The SMILES string of the molecule is NS(=O)(=O)c1ccc(NC(=O)CSc2nnc(-c3ccncc3)o2)cc1. The molecule has 3 rings (SSSR count). The summed E-state index contributed by atoms with van der Waals surface area (Å²) in [6.07, 6.45) is 3.22. The van der Waals surface area contributed by atoms with Gasteiger partial charge in [-0.25, -0.2) is 13.6 Å². The number of benzene rings is 1. The molecule has 134 valence electrons.